The van der Waals surface area contributed by atoms with Crippen LogP contribution in [0.4, 0.5) is 4.79 Å². The molecule has 0 radical (unpaired) electrons. The second-order valence-corrected chi connectivity index (χ2v) is 9.38. The lowest BCUT2D eigenvalue weighted by atomic mass is 9.84. The summed E-state index contributed by atoms with van der Waals surface area (Å²) in [5.41, 5.74) is 3.26. The lowest BCUT2D eigenvalue weighted by Crippen LogP contribution is -2.58. The van der Waals surface area contributed by atoms with Crippen molar-refractivity contribution in [3.05, 3.63) is 59.7 Å². The minimum absolute atomic E-state index is 0.0707. The minimum Gasteiger partial charge on any atom is -0.481 e. The number of nitrogens with one attached hydrogen (secondary N) is 2. The summed E-state index contributed by atoms with van der Waals surface area (Å²) in [5, 5.41) is 14.9. The summed E-state index contributed by atoms with van der Waals surface area (Å²) < 4.78 is 5.55. The molecule has 2 aliphatic rings. The van der Waals surface area contributed by atoms with Crippen LogP contribution in [0.2, 0.25) is 0 Å². The molecule has 0 heterocycles. The summed E-state index contributed by atoms with van der Waals surface area (Å²) >= 11 is 0. The van der Waals surface area contributed by atoms with Crippen LogP contribution in [0.5, 0.6) is 0 Å². The number of carbonyl (C=O) groups excluding carboxylic acids is 2. The van der Waals surface area contributed by atoms with E-state index in [2.05, 4.69) is 22.8 Å². The topological polar surface area (TPSA) is 105 Å². The van der Waals surface area contributed by atoms with Crippen LogP contribution >= 0.6 is 0 Å². The molecule has 0 aromatic heterocycles. The lowest BCUT2D eigenvalue weighted by molar-refractivity contribution is -0.144. The number of rotatable bonds is 6. The van der Waals surface area contributed by atoms with Gasteiger partial charge in [-0.2, -0.15) is 0 Å². The number of hydrogen-bond acceptors (Lipinski definition) is 4. The standard InChI is InChI=1S/C26H30N2O5/c1-26(2,24(31)27-22-14-8-7-13-20(22)23(29)30)28-25(32)33-15-21-18-11-5-3-9-16(18)17-10-4-6-12-19(17)21/h3-6,9-12,20-22H,7-8,13-15H2,1-2H3,(H,27,31)(H,28,32)(H,29,30). The van der Waals surface area contributed by atoms with E-state index < -0.39 is 35.5 Å². The molecule has 33 heavy (non-hydrogen) atoms. The number of carboxylic acid groups (broad SMARTS) is 1. The highest BCUT2D eigenvalue weighted by molar-refractivity contribution is 5.89. The van der Waals surface area contributed by atoms with Crippen molar-refractivity contribution in [3.63, 3.8) is 0 Å². The zero-order chi connectivity index (χ0) is 23.6. The molecule has 4 rings (SSSR count). The molecular weight excluding hydrogens is 420 g/mol. The second-order valence-electron chi connectivity index (χ2n) is 9.38. The first-order valence-electron chi connectivity index (χ1n) is 11.4. The van der Waals surface area contributed by atoms with Gasteiger partial charge in [-0.3, -0.25) is 9.59 Å². The Morgan fingerprint density at radius 3 is 2.15 bits per heavy atom. The molecule has 2 aliphatic carbocycles. The highest BCUT2D eigenvalue weighted by Gasteiger charge is 2.37. The molecule has 0 bridgehead atoms. The number of benzene rings is 2. The van der Waals surface area contributed by atoms with Gasteiger partial charge in [0.15, 0.2) is 0 Å². The van der Waals surface area contributed by atoms with E-state index in [1.807, 2.05) is 36.4 Å². The van der Waals surface area contributed by atoms with Crippen LogP contribution in [0.15, 0.2) is 48.5 Å². The Balaban J connectivity index is 1.37. The monoisotopic (exact) mass is 450 g/mol. The molecule has 7 nitrogen and oxygen atoms in total. The van der Waals surface area contributed by atoms with E-state index in [1.165, 1.54) is 0 Å². The first-order chi connectivity index (χ1) is 15.8. The van der Waals surface area contributed by atoms with Crippen LogP contribution in [0.1, 0.15) is 56.6 Å². The quantitative estimate of drug-likeness (QED) is 0.616. The van der Waals surface area contributed by atoms with Crippen molar-refractivity contribution in [2.75, 3.05) is 6.61 Å². The Hall–Kier alpha value is -3.35. The number of amides is 2. The molecular formula is C26H30N2O5. The van der Waals surface area contributed by atoms with Crippen LogP contribution in [-0.2, 0) is 14.3 Å². The molecule has 0 spiro atoms. The van der Waals surface area contributed by atoms with Gasteiger partial charge in [0.25, 0.3) is 0 Å². The van der Waals surface area contributed by atoms with Crippen molar-refractivity contribution in [3.8, 4) is 11.1 Å². The fraction of sp³-hybridized carbons (Fsp3) is 0.423. The Bertz CT molecular complexity index is 1020. The van der Waals surface area contributed by atoms with Crippen molar-refractivity contribution in [1.29, 1.82) is 0 Å². The van der Waals surface area contributed by atoms with Crippen LogP contribution in [0.25, 0.3) is 11.1 Å². The Kier molecular flexibility index (Phi) is 6.40. The predicted molar refractivity (Wildman–Crippen MR) is 124 cm³/mol. The van der Waals surface area contributed by atoms with Gasteiger partial charge in [-0.25, -0.2) is 4.79 Å². The molecule has 174 valence electrons. The molecule has 1 saturated carbocycles. The first kappa shape index (κ1) is 22.8. The first-order valence-corrected chi connectivity index (χ1v) is 11.4. The van der Waals surface area contributed by atoms with Crippen LogP contribution < -0.4 is 10.6 Å². The number of ether oxygens (including phenoxy) is 1. The SMILES string of the molecule is CC(C)(NC(=O)OCC1c2ccccc2-c2ccccc21)C(=O)NC1CCCCC1C(=O)O. The molecule has 3 N–H and O–H groups in total. The van der Waals surface area contributed by atoms with Gasteiger partial charge in [0.05, 0.1) is 5.92 Å². The maximum absolute atomic E-state index is 12.9. The largest absolute Gasteiger partial charge is 0.481 e. The molecule has 0 aliphatic heterocycles. The van der Waals surface area contributed by atoms with Gasteiger partial charge in [-0.05, 0) is 48.9 Å². The maximum atomic E-state index is 12.9. The van der Waals surface area contributed by atoms with E-state index in [1.54, 1.807) is 13.8 Å². The van der Waals surface area contributed by atoms with E-state index in [4.69, 9.17) is 4.74 Å². The molecule has 2 unspecified atom stereocenters. The Labute approximate surface area is 193 Å². The number of aliphatic carboxylic acids is 1. The zero-order valence-electron chi connectivity index (χ0n) is 19.0. The summed E-state index contributed by atoms with van der Waals surface area (Å²) in [4.78, 5) is 37.0. The van der Waals surface area contributed by atoms with Crippen molar-refractivity contribution < 1.29 is 24.2 Å². The second kappa shape index (κ2) is 9.25. The van der Waals surface area contributed by atoms with Gasteiger partial charge in [0.2, 0.25) is 5.91 Å². The average molecular weight is 451 g/mol. The Morgan fingerprint density at radius 2 is 1.55 bits per heavy atom. The van der Waals surface area contributed by atoms with Gasteiger partial charge in [0.1, 0.15) is 12.1 Å². The van der Waals surface area contributed by atoms with E-state index >= 15 is 0 Å². The van der Waals surface area contributed by atoms with Crippen molar-refractivity contribution >= 4 is 18.0 Å². The Morgan fingerprint density at radius 1 is 0.970 bits per heavy atom. The van der Waals surface area contributed by atoms with Gasteiger partial charge >= 0.3 is 12.1 Å². The van der Waals surface area contributed by atoms with Gasteiger partial charge < -0.3 is 20.5 Å². The summed E-state index contributed by atoms with van der Waals surface area (Å²) in [5.74, 6) is -2.00. The van der Waals surface area contributed by atoms with Crippen LogP contribution in [0, 0.1) is 5.92 Å². The van der Waals surface area contributed by atoms with Gasteiger partial charge in [-0.1, -0.05) is 61.4 Å². The van der Waals surface area contributed by atoms with E-state index in [9.17, 15) is 19.5 Å². The molecule has 2 aromatic rings. The van der Waals surface area contributed by atoms with Crippen molar-refractivity contribution in [2.45, 2.75) is 57.0 Å². The highest BCUT2D eigenvalue weighted by Crippen LogP contribution is 2.44. The molecule has 2 aromatic carbocycles. The van der Waals surface area contributed by atoms with Crippen LogP contribution in [-0.4, -0.2) is 41.3 Å². The average Bonchev–Trinajstić information content (AvgIpc) is 3.11. The third kappa shape index (κ3) is 4.72. The van der Waals surface area contributed by atoms with E-state index in [0.717, 1.165) is 35.1 Å². The zero-order valence-corrected chi connectivity index (χ0v) is 19.0. The molecule has 1 fully saturated rings. The molecule has 2 atom stereocenters. The smallest absolute Gasteiger partial charge is 0.408 e. The fourth-order valence-corrected chi connectivity index (χ4v) is 4.89. The number of fused-ring (bicyclic) bond motifs is 3. The van der Waals surface area contributed by atoms with Gasteiger partial charge in [0, 0.05) is 12.0 Å². The normalized spacial score (nSPS) is 19.8. The van der Waals surface area contributed by atoms with Crippen molar-refractivity contribution in [2.24, 2.45) is 5.92 Å². The third-order valence-electron chi connectivity index (χ3n) is 6.73. The predicted octanol–water partition coefficient (Wildman–Crippen LogP) is 4.06. The van der Waals surface area contributed by atoms with E-state index in [0.29, 0.717) is 12.8 Å². The summed E-state index contributed by atoms with van der Waals surface area (Å²) in [7, 11) is 0. The molecule has 2 amide bonds. The maximum Gasteiger partial charge on any atom is 0.408 e. The number of carbonyl (C=O) groups is 3. The number of carboxylic acids is 1. The fourth-order valence-electron chi connectivity index (χ4n) is 4.89. The summed E-state index contributed by atoms with van der Waals surface area (Å²) in [6.45, 7) is 3.33. The van der Waals surface area contributed by atoms with Crippen LogP contribution in [0.3, 0.4) is 0 Å². The van der Waals surface area contributed by atoms with Crippen molar-refractivity contribution in [1.82, 2.24) is 10.6 Å². The summed E-state index contributed by atoms with van der Waals surface area (Å²) in [6.07, 6.45) is 2.18. The minimum atomic E-state index is -1.25. The van der Waals surface area contributed by atoms with E-state index in [-0.39, 0.29) is 12.5 Å². The number of alkyl carbamates (subject to hydrolysis) is 1. The molecule has 7 heteroatoms. The lowest BCUT2D eigenvalue weighted by Gasteiger charge is -2.33. The number of hydrogen-bond donors (Lipinski definition) is 3. The third-order valence-corrected chi connectivity index (χ3v) is 6.73. The molecule has 0 saturated heterocycles. The summed E-state index contributed by atoms with van der Waals surface area (Å²) in [6, 6.07) is 15.7. The van der Waals surface area contributed by atoms with Gasteiger partial charge in [-0.15, -0.1) is 0 Å². The highest BCUT2D eigenvalue weighted by atomic mass is 16.5.